The van der Waals surface area contributed by atoms with E-state index in [-0.39, 0.29) is 5.91 Å². The van der Waals surface area contributed by atoms with Crippen molar-refractivity contribution in [2.75, 3.05) is 6.54 Å². The van der Waals surface area contributed by atoms with Crippen LogP contribution in [-0.2, 0) is 0 Å². The third kappa shape index (κ3) is 2.41. The Morgan fingerprint density at radius 1 is 1.28 bits per heavy atom. The van der Waals surface area contributed by atoms with Crippen LogP contribution in [0.1, 0.15) is 23.2 Å². The van der Waals surface area contributed by atoms with Gasteiger partial charge in [0.05, 0.1) is 0 Å². The van der Waals surface area contributed by atoms with Crippen molar-refractivity contribution >= 4 is 32.6 Å². The third-order valence-electron chi connectivity index (χ3n) is 3.34. The molecule has 0 unspecified atom stereocenters. The topological polar surface area (TPSA) is 29.1 Å². The lowest BCUT2D eigenvalue weighted by atomic mass is 10.1. The Morgan fingerprint density at radius 2 is 2.11 bits per heavy atom. The van der Waals surface area contributed by atoms with Gasteiger partial charge >= 0.3 is 0 Å². The monoisotopic (exact) mass is 303 g/mol. The molecule has 2 aromatic rings. The highest BCUT2D eigenvalue weighted by Crippen LogP contribution is 2.28. The number of carbonyl (C=O) groups is 1. The Morgan fingerprint density at radius 3 is 2.89 bits per heavy atom. The van der Waals surface area contributed by atoms with E-state index in [9.17, 15) is 4.79 Å². The lowest BCUT2D eigenvalue weighted by molar-refractivity contribution is 0.0952. The highest BCUT2D eigenvalue weighted by Gasteiger charge is 2.21. The number of fused-ring (bicyclic) bond motifs is 1. The van der Waals surface area contributed by atoms with Gasteiger partial charge in [0.15, 0.2) is 0 Å². The van der Waals surface area contributed by atoms with Crippen molar-refractivity contribution in [3.05, 3.63) is 46.4 Å². The predicted molar refractivity (Wildman–Crippen MR) is 76.7 cm³/mol. The maximum absolute atomic E-state index is 12.0. The number of hydrogen-bond donors (Lipinski definition) is 1. The molecule has 0 heterocycles. The first kappa shape index (κ1) is 11.7. The Kier molecular flexibility index (Phi) is 3.08. The standard InChI is InChI=1S/C15H14BrNO/c16-14-3-1-2-11-8-12(6-7-13(11)14)15(18)17-9-10-4-5-10/h1-3,6-8,10H,4-5,9H2,(H,17,18). The second kappa shape index (κ2) is 4.73. The average molecular weight is 304 g/mol. The molecule has 0 aromatic heterocycles. The van der Waals surface area contributed by atoms with Crippen LogP contribution in [0.4, 0.5) is 0 Å². The van der Waals surface area contributed by atoms with E-state index in [4.69, 9.17) is 0 Å². The minimum absolute atomic E-state index is 0.0313. The highest BCUT2D eigenvalue weighted by molar-refractivity contribution is 9.10. The molecule has 0 saturated heterocycles. The molecule has 1 saturated carbocycles. The van der Waals surface area contributed by atoms with Crippen LogP contribution in [0.2, 0.25) is 0 Å². The van der Waals surface area contributed by atoms with E-state index in [0.29, 0.717) is 5.92 Å². The minimum Gasteiger partial charge on any atom is -0.352 e. The number of nitrogens with one attached hydrogen (secondary N) is 1. The summed E-state index contributed by atoms with van der Waals surface area (Å²) in [4.78, 5) is 12.0. The van der Waals surface area contributed by atoms with E-state index < -0.39 is 0 Å². The van der Waals surface area contributed by atoms with Crippen molar-refractivity contribution in [3.63, 3.8) is 0 Å². The van der Waals surface area contributed by atoms with Gasteiger partial charge in [-0.25, -0.2) is 0 Å². The number of benzene rings is 2. The maximum atomic E-state index is 12.0. The molecule has 0 atom stereocenters. The second-order valence-electron chi connectivity index (χ2n) is 4.83. The van der Waals surface area contributed by atoms with Gasteiger partial charge in [0.2, 0.25) is 0 Å². The first-order valence-electron chi connectivity index (χ1n) is 6.20. The van der Waals surface area contributed by atoms with Gasteiger partial charge < -0.3 is 5.32 Å². The maximum Gasteiger partial charge on any atom is 0.251 e. The van der Waals surface area contributed by atoms with Gasteiger partial charge in [-0.3, -0.25) is 4.79 Å². The van der Waals surface area contributed by atoms with E-state index in [1.165, 1.54) is 12.8 Å². The Balaban J connectivity index is 1.85. The number of halogens is 1. The molecular weight excluding hydrogens is 290 g/mol. The van der Waals surface area contributed by atoms with Crippen LogP contribution in [0, 0.1) is 5.92 Å². The van der Waals surface area contributed by atoms with Crippen LogP contribution < -0.4 is 5.32 Å². The summed E-state index contributed by atoms with van der Waals surface area (Å²) in [6.07, 6.45) is 2.51. The van der Waals surface area contributed by atoms with Gasteiger partial charge in [0, 0.05) is 16.6 Å². The summed E-state index contributed by atoms with van der Waals surface area (Å²) in [5, 5.41) is 5.21. The lowest BCUT2D eigenvalue weighted by Gasteiger charge is -2.06. The summed E-state index contributed by atoms with van der Waals surface area (Å²) >= 11 is 3.52. The molecule has 18 heavy (non-hydrogen) atoms. The molecule has 0 radical (unpaired) electrons. The van der Waals surface area contributed by atoms with Crippen molar-refractivity contribution in [3.8, 4) is 0 Å². The van der Waals surface area contributed by atoms with Gasteiger partial charge in [-0.05, 0) is 47.7 Å². The molecule has 1 N–H and O–H groups in total. The summed E-state index contributed by atoms with van der Waals surface area (Å²) in [5.41, 5.74) is 0.737. The van der Waals surface area contributed by atoms with Gasteiger partial charge in [-0.15, -0.1) is 0 Å². The molecule has 0 aliphatic heterocycles. The van der Waals surface area contributed by atoms with Gasteiger partial charge in [-0.1, -0.05) is 34.1 Å². The third-order valence-corrected chi connectivity index (χ3v) is 4.03. The first-order chi connectivity index (χ1) is 8.74. The second-order valence-corrected chi connectivity index (χ2v) is 5.68. The fourth-order valence-electron chi connectivity index (χ4n) is 2.05. The van der Waals surface area contributed by atoms with Gasteiger partial charge in [0.1, 0.15) is 0 Å². The summed E-state index contributed by atoms with van der Waals surface area (Å²) < 4.78 is 1.06. The van der Waals surface area contributed by atoms with Crippen LogP contribution in [0.25, 0.3) is 10.8 Å². The van der Waals surface area contributed by atoms with Crippen molar-refractivity contribution in [2.45, 2.75) is 12.8 Å². The molecule has 92 valence electrons. The van der Waals surface area contributed by atoms with Crippen LogP contribution in [-0.4, -0.2) is 12.5 Å². The molecule has 3 rings (SSSR count). The van der Waals surface area contributed by atoms with E-state index >= 15 is 0 Å². The molecule has 1 amide bonds. The van der Waals surface area contributed by atoms with Crippen molar-refractivity contribution in [1.29, 1.82) is 0 Å². The van der Waals surface area contributed by atoms with Crippen LogP contribution in [0.3, 0.4) is 0 Å². The van der Waals surface area contributed by atoms with E-state index in [1.54, 1.807) is 0 Å². The fourth-order valence-corrected chi connectivity index (χ4v) is 2.56. The number of amides is 1. The number of rotatable bonds is 3. The van der Waals surface area contributed by atoms with Crippen LogP contribution in [0.15, 0.2) is 40.9 Å². The molecule has 2 aromatic carbocycles. The average Bonchev–Trinajstić information content (AvgIpc) is 3.20. The summed E-state index contributed by atoms with van der Waals surface area (Å²) in [7, 11) is 0. The molecule has 1 aliphatic carbocycles. The summed E-state index contributed by atoms with van der Waals surface area (Å²) in [6.45, 7) is 0.815. The zero-order valence-electron chi connectivity index (χ0n) is 9.95. The smallest absolute Gasteiger partial charge is 0.251 e. The Labute approximate surface area is 115 Å². The zero-order chi connectivity index (χ0) is 12.5. The van der Waals surface area contributed by atoms with Crippen molar-refractivity contribution in [2.24, 2.45) is 5.92 Å². The number of hydrogen-bond acceptors (Lipinski definition) is 1. The lowest BCUT2D eigenvalue weighted by Crippen LogP contribution is -2.25. The van der Waals surface area contributed by atoms with Crippen molar-refractivity contribution in [1.82, 2.24) is 5.32 Å². The molecule has 1 fully saturated rings. The molecule has 3 heteroatoms. The molecule has 0 spiro atoms. The fraction of sp³-hybridized carbons (Fsp3) is 0.267. The predicted octanol–water partition coefficient (Wildman–Crippen LogP) is 3.74. The normalized spacial score (nSPS) is 14.7. The van der Waals surface area contributed by atoms with Gasteiger partial charge in [-0.2, -0.15) is 0 Å². The van der Waals surface area contributed by atoms with Crippen LogP contribution >= 0.6 is 15.9 Å². The quantitative estimate of drug-likeness (QED) is 0.919. The highest BCUT2D eigenvalue weighted by atomic mass is 79.9. The molecular formula is C15H14BrNO. The summed E-state index contributed by atoms with van der Waals surface area (Å²) in [5.74, 6) is 0.743. The van der Waals surface area contributed by atoms with E-state index in [0.717, 1.165) is 27.4 Å². The zero-order valence-corrected chi connectivity index (χ0v) is 11.5. The summed E-state index contributed by atoms with van der Waals surface area (Å²) in [6, 6.07) is 11.8. The van der Waals surface area contributed by atoms with E-state index in [1.807, 2.05) is 36.4 Å². The Bertz CT molecular complexity index is 604. The van der Waals surface area contributed by atoms with Crippen molar-refractivity contribution < 1.29 is 4.79 Å². The Hall–Kier alpha value is -1.35. The first-order valence-corrected chi connectivity index (χ1v) is 7.00. The minimum atomic E-state index is 0.0313. The van der Waals surface area contributed by atoms with Gasteiger partial charge in [0.25, 0.3) is 5.91 Å². The SMILES string of the molecule is O=C(NCC1CC1)c1ccc2c(Br)cccc2c1. The van der Waals surface area contributed by atoms with Crippen LogP contribution in [0.5, 0.6) is 0 Å². The molecule has 1 aliphatic rings. The van der Waals surface area contributed by atoms with E-state index in [2.05, 4.69) is 21.2 Å². The molecule has 0 bridgehead atoms. The molecule has 2 nitrogen and oxygen atoms in total. The largest absolute Gasteiger partial charge is 0.352 e. The number of carbonyl (C=O) groups excluding carboxylic acids is 1.